The van der Waals surface area contributed by atoms with E-state index in [9.17, 15) is 14.7 Å². The predicted molar refractivity (Wildman–Crippen MR) is 131 cm³/mol. The normalized spacial score (nSPS) is 14.4. The summed E-state index contributed by atoms with van der Waals surface area (Å²) in [5.41, 5.74) is 1.49. The maximum atomic E-state index is 12.2. The first-order chi connectivity index (χ1) is 15.8. The fourth-order valence-electron chi connectivity index (χ4n) is 4.88. The lowest BCUT2D eigenvalue weighted by molar-refractivity contribution is -0.114. The van der Waals surface area contributed by atoms with Crippen LogP contribution in [0.3, 0.4) is 0 Å². The summed E-state index contributed by atoms with van der Waals surface area (Å²) < 4.78 is 12.1. The van der Waals surface area contributed by atoms with Gasteiger partial charge in [0, 0.05) is 23.6 Å². The predicted octanol–water partition coefficient (Wildman–Crippen LogP) is 5.56. The number of nitrogens with one attached hydrogen (secondary N) is 1. The molecule has 184 valence electrons. The number of rotatable bonds is 7. The zero-order chi connectivity index (χ0) is 25.3. The SMILES string of the molecule is CC(=O)Nc1cc2c(cn1)OCc1cc(OC[C@](C)(CC(C)C)N(C(=O)O)C(C)(C)C)ccc1-2. The molecular formula is C26H35N3O5. The average molecular weight is 470 g/mol. The number of hydrogen-bond acceptors (Lipinski definition) is 5. The lowest BCUT2D eigenvalue weighted by Crippen LogP contribution is -2.61. The zero-order valence-corrected chi connectivity index (χ0v) is 21.1. The summed E-state index contributed by atoms with van der Waals surface area (Å²) in [5.74, 6) is 1.86. The summed E-state index contributed by atoms with van der Waals surface area (Å²) in [5, 5.41) is 12.7. The third-order valence-electron chi connectivity index (χ3n) is 5.72. The topological polar surface area (TPSA) is 101 Å². The maximum absolute atomic E-state index is 12.2. The van der Waals surface area contributed by atoms with Gasteiger partial charge in [0.2, 0.25) is 5.91 Å². The highest BCUT2D eigenvalue weighted by molar-refractivity contribution is 5.89. The van der Waals surface area contributed by atoms with Crippen LogP contribution in [0.1, 0.15) is 60.5 Å². The first kappa shape index (κ1) is 25.3. The van der Waals surface area contributed by atoms with Gasteiger partial charge in [-0.25, -0.2) is 9.78 Å². The van der Waals surface area contributed by atoms with Crippen LogP contribution >= 0.6 is 0 Å². The Hall–Kier alpha value is -3.29. The average Bonchev–Trinajstić information content (AvgIpc) is 2.69. The minimum Gasteiger partial charge on any atom is -0.491 e. The molecule has 1 aromatic heterocycles. The third kappa shape index (κ3) is 5.61. The Balaban J connectivity index is 1.87. The Labute approximate surface area is 201 Å². The Morgan fingerprint density at radius 3 is 2.50 bits per heavy atom. The second kappa shape index (κ2) is 9.52. The number of amides is 2. The molecule has 1 aliphatic rings. The molecule has 0 bridgehead atoms. The van der Waals surface area contributed by atoms with Crippen LogP contribution < -0.4 is 14.8 Å². The van der Waals surface area contributed by atoms with E-state index in [1.165, 1.54) is 11.8 Å². The van der Waals surface area contributed by atoms with Crippen molar-refractivity contribution in [1.82, 2.24) is 9.88 Å². The van der Waals surface area contributed by atoms with E-state index in [0.717, 1.165) is 16.7 Å². The van der Waals surface area contributed by atoms with Crippen molar-refractivity contribution in [2.75, 3.05) is 11.9 Å². The van der Waals surface area contributed by atoms with Gasteiger partial charge in [0.05, 0.1) is 11.7 Å². The van der Waals surface area contributed by atoms with Crippen molar-refractivity contribution < 1.29 is 24.2 Å². The second-order valence-corrected chi connectivity index (χ2v) is 10.5. The highest BCUT2D eigenvalue weighted by Crippen LogP contribution is 2.40. The highest BCUT2D eigenvalue weighted by Gasteiger charge is 2.43. The van der Waals surface area contributed by atoms with Gasteiger partial charge in [0.25, 0.3) is 0 Å². The van der Waals surface area contributed by atoms with E-state index < -0.39 is 17.2 Å². The van der Waals surface area contributed by atoms with Gasteiger partial charge in [-0.1, -0.05) is 19.9 Å². The van der Waals surface area contributed by atoms with E-state index in [1.54, 1.807) is 12.3 Å². The number of nitrogens with zero attached hydrogens (tertiary/aromatic N) is 2. The Kier molecular flexibility index (Phi) is 7.10. The molecule has 0 fully saturated rings. The fraction of sp³-hybridized carbons (Fsp3) is 0.500. The molecule has 0 spiro atoms. The molecule has 1 aromatic carbocycles. The molecule has 3 rings (SSSR count). The zero-order valence-electron chi connectivity index (χ0n) is 21.1. The van der Waals surface area contributed by atoms with Gasteiger partial charge in [0.15, 0.2) is 0 Å². The van der Waals surface area contributed by atoms with Crippen molar-refractivity contribution in [1.29, 1.82) is 0 Å². The standard InChI is InChI=1S/C26H35N3O5/c1-16(2)12-26(7,29(24(31)32)25(4,5)6)15-34-19-8-9-20-18(10-19)14-33-22-13-27-23(11-21(20)22)28-17(3)30/h8-11,13,16H,12,14-15H2,1-7H3,(H,31,32)(H,27,28,30)/t26-/m0/s1. The third-order valence-corrected chi connectivity index (χ3v) is 5.72. The molecule has 1 atom stereocenters. The van der Waals surface area contributed by atoms with Gasteiger partial charge in [-0.2, -0.15) is 0 Å². The monoisotopic (exact) mass is 469 g/mol. The molecule has 0 saturated carbocycles. The van der Waals surface area contributed by atoms with Gasteiger partial charge in [0.1, 0.15) is 30.5 Å². The molecule has 0 saturated heterocycles. The molecule has 0 radical (unpaired) electrons. The summed E-state index contributed by atoms with van der Waals surface area (Å²) in [4.78, 5) is 29.3. The molecule has 2 N–H and O–H groups in total. The van der Waals surface area contributed by atoms with Crippen molar-refractivity contribution in [3.8, 4) is 22.6 Å². The number of aromatic nitrogens is 1. The van der Waals surface area contributed by atoms with Crippen molar-refractivity contribution in [2.24, 2.45) is 5.92 Å². The molecule has 1 aliphatic heterocycles. The number of carbonyl (C=O) groups is 2. The van der Waals surface area contributed by atoms with Crippen LogP contribution in [0.15, 0.2) is 30.5 Å². The highest BCUT2D eigenvalue weighted by atomic mass is 16.5. The minimum absolute atomic E-state index is 0.191. The van der Waals surface area contributed by atoms with E-state index in [-0.39, 0.29) is 18.4 Å². The van der Waals surface area contributed by atoms with E-state index in [2.05, 4.69) is 24.1 Å². The largest absolute Gasteiger partial charge is 0.491 e. The molecular weight excluding hydrogens is 434 g/mol. The van der Waals surface area contributed by atoms with E-state index in [0.29, 0.717) is 30.3 Å². The summed E-state index contributed by atoms with van der Waals surface area (Å²) in [6, 6.07) is 7.56. The van der Waals surface area contributed by atoms with Crippen LogP contribution in [0.25, 0.3) is 11.1 Å². The number of carbonyl (C=O) groups excluding carboxylic acids is 1. The summed E-state index contributed by atoms with van der Waals surface area (Å²) in [6.45, 7) is 13.8. The Morgan fingerprint density at radius 2 is 1.91 bits per heavy atom. The quantitative estimate of drug-likeness (QED) is 0.550. The second-order valence-electron chi connectivity index (χ2n) is 10.5. The minimum atomic E-state index is -0.960. The van der Waals surface area contributed by atoms with Crippen LogP contribution in [0, 0.1) is 5.92 Å². The van der Waals surface area contributed by atoms with E-state index in [4.69, 9.17) is 9.47 Å². The van der Waals surface area contributed by atoms with Gasteiger partial charge in [-0.3, -0.25) is 9.69 Å². The molecule has 2 heterocycles. The Bertz CT molecular complexity index is 1080. The fourth-order valence-corrected chi connectivity index (χ4v) is 4.88. The number of hydrogen-bond donors (Lipinski definition) is 2. The number of pyridine rings is 1. The number of benzene rings is 1. The molecule has 8 nitrogen and oxygen atoms in total. The van der Waals surface area contributed by atoms with Gasteiger partial charge in [-0.15, -0.1) is 0 Å². The maximum Gasteiger partial charge on any atom is 0.408 e. The van der Waals surface area contributed by atoms with Crippen LogP contribution in [0.5, 0.6) is 11.5 Å². The molecule has 2 aromatic rings. The van der Waals surface area contributed by atoms with E-state index in [1.807, 2.05) is 45.9 Å². The van der Waals surface area contributed by atoms with Gasteiger partial charge >= 0.3 is 6.09 Å². The summed E-state index contributed by atoms with van der Waals surface area (Å²) >= 11 is 0. The van der Waals surface area contributed by atoms with Crippen molar-refractivity contribution >= 4 is 17.8 Å². The summed E-state index contributed by atoms with van der Waals surface area (Å²) in [6.07, 6.45) is 1.31. The lowest BCUT2D eigenvalue weighted by atomic mass is 9.86. The van der Waals surface area contributed by atoms with Crippen molar-refractivity contribution in [3.05, 3.63) is 36.0 Å². The van der Waals surface area contributed by atoms with Crippen LogP contribution in [-0.2, 0) is 11.4 Å². The first-order valence-corrected chi connectivity index (χ1v) is 11.5. The number of fused-ring (bicyclic) bond motifs is 3. The Morgan fingerprint density at radius 1 is 1.21 bits per heavy atom. The smallest absolute Gasteiger partial charge is 0.408 e. The first-order valence-electron chi connectivity index (χ1n) is 11.5. The number of ether oxygens (including phenoxy) is 2. The lowest BCUT2D eigenvalue weighted by Gasteiger charge is -2.47. The molecule has 2 amide bonds. The van der Waals surface area contributed by atoms with E-state index >= 15 is 0 Å². The van der Waals surface area contributed by atoms with Gasteiger partial charge < -0.3 is 19.9 Å². The van der Waals surface area contributed by atoms with Crippen molar-refractivity contribution in [2.45, 2.75) is 72.6 Å². The molecule has 0 unspecified atom stereocenters. The van der Waals surface area contributed by atoms with Crippen LogP contribution in [-0.4, -0.2) is 44.7 Å². The number of anilines is 1. The summed E-state index contributed by atoms with van der Waals surface area (Å²) in [7, 11) is 0. The molecule has 8 heteroatoms. The molecule has 34 heavy (non-hydrogen) atoms. The number of carboxylic acid groups (broad SMARTS) is 1. The van der Waals surface area contributed by atoms with Gasteiger partial charge in [-0.05, 0) is 63.8 Å². The van der Waals surface area contributed by atoms with Crippen LogP contribution in [0.2, 0.25) is 0 Å². The van der Waals surface area contributed by atoms with Crippen LogP contribution in [0.4, 0.5) is 10.6 Å². The van der Waals surface area contributed by atoms with Crippen molar-refractivity contribution in [3.63, 3.8) is 0 Å². The molecule has 0 aliphatic carbocycles.